The minimum absolute atomic E-state index is 0.0494. The normalized spacial score (nSPS) is 33.1. The van der Waals surface area contributed by atoms with Gasteiger partial charge in [0.05, 0.1) is 7.11 Å². The highest BCUT2D eigenvalue weighted by Crippen LogP contribution is 2.62. The van der Waals surface area contributed by atoms with Crippen molar-refractivity contribution >= 4 is 11.1 Å². The third-order valence-corrected chi connectivity index (χ3v) is 8.17. The van der Waals surface area contributed by atoms with Crippen molar-refractivity contribution in [3.05, 3.63) is 29.7 Å². The Labute approximate surface area is 168 Å². The van der Waals surface area contributed by atoms with Crippen molar-refractivity contribution in [3.8, 4) is 11.5 Å². The highest BCUT2D eigenvalue weighted by Gasteiger charge is 2.54. The number of rotatable bonds is 3. The molecule has 0 unspecified atom stereocenters. The molecule has 4 rings (SSSR count). The molecule has 0 saturated heterocycles. The van der Waals surface area contributed by atoms with Crippen molar-refractivity contribution in [2.75, 3.05) is 7.11 Å². The highest BCUT2D eigenvalue weighted by molar-refractivity contribution is 5.82. The Morgan fingerprint density at radius 1 is 1.36 bits per heavy atom. The predicted molar refractivity (Wildman–Crippen MR) is 112 cm³/mol. The molecular weight excluding hydrogens is 350 g/mol. The number of fused-ring (bicyclic) bond motifs is 2. The average molecular weight is 384 g/mol. The summed E-state index contributed by atoms with van der Waals surface area (Å²) in [6.45, 7) is 13.5. The molecule has 0 spiro atoms. The number of hydrogen-bond acceptors (Lipinski definition) is 4. The van der Waals surface area contributed by atoms with E-state index in [1.807, 2.05) is 6.92 Å². The Kier molecular flexibility index (Phi) is 4.52. The summed E-state index contributed by atoms with van der Waals surface area (Å²) < 4.78 is 11.4. The summed E-state index contributed by atoms with van der Waals surface area (Å²) in [4.78, 5) is 4.49. The molecule has 4 atom stereocenters. The SMILES string of the molecule is C=C1CCC[C@H]2[C@](C)(Cc3c(O)c(OC)cc4nc(C)oc34)[C@@H](C)CC[C@@]12C. The molecule has 0 amide bonds. The molecule has 1 aromatic carbocycles. The van der Waals surface area contributed by atoms with Gasteiger partial charge in [-0.05, 0) is 61.2 Å². The highest BCUT2D eigenvalue weighted by atomic mass is 16.5. The Hall–Kier alpha value is -1.97. The summed E-state index contributed by atoms with van der Waals surface area (Å²) in [6, 6.07) is 1.77. The molecule has 4 heteroatoms. The Morgan fingerprint density at radius 3 is 2.82 bits per heavy atom. The van der Waals surface area contributed by atoms with Crippen molar-refractivity contribution in [3.63, 3.8) is 0 Å². The van der Waals surface area contributed by atoms with Crippen molar-refractivity contribution in [2.45, 2.75) is 66.2 Å². The molecule has 0 radical (unpaired) electrons. The van der Waals surface area contributed by atoms with Gasteiger partial charge in [0, 0.05) is 18.6 Å². The van der Waals surface area contributed by atoms with Crippen LogP contribution in [0.3, 0.4) is 0 Å². The van der Waals surface area contributed by atoms with Gasteiger partial charge >= 0.3 is 0 Å². The van der Waals surface area contributed by atoms with E-state index in [1.165, 1.54) is 31.3 Å². The molecule has 2 aliphatic carbocycles. The summed E-state index contributed by atoms with van der Waals surface area (Å²) in [7, 11) is 1.59. The number of aromatic nitrogens is 1. The molecule has 152 valence electrons. The van der Waals surface area contributed by atoms with Crippen molar-refractivity contribution in [1.82, 2.24) is 4.98 Å². The number of methoxy groups -OCH3 is 1. The first-order valence-electron chi connectivity index (χ1n) is 10.5. The van der Waals surface area contributed by atoms with Gasteiger partial charge in [-0.1, -0.05) is 32.9 Å². The average Bonchev–Trinajstić information content (AvgIpc) is 3.03. The number of aromatic hydroxyl groups is 1. The van der Waals surface area contributed by atoms with Gasteiger partial charge in [0.1, 0.15) is 5.52 Å². The monoisotopic (exact) mass is 383 g/mol. The maximum atomic E-state index is 11.0. The molecule has 1 heterocycles. The third kappa shape index (κ3) is 2.67. The molecule has 2 aliphatic rings. The third-order valence-electron chi connectivity index (χ3n) is 8.17. The van der Waals surface area contributed by atoms with E-state index in [2.05, 4.69) is 32.3 Å². The first-order valence-corrected chi connectivity index (χ1v) is 10.5. The molecule has 4 nitrogen and oxygen atoms in total. The lowest BCUT2D eigenvalue weighted by molar-refractivity contribution is -0.0490. The zero-order chi connectivity index (χ0) is 20.3. The van der Waals surface area contributed by atoms with E-state index in [0.717, 1.165) is 23.9 Å². The molecule has 0 bridgehead atoms. The second-order valence-electron chi connectivity index (χ2n) is 9.58. The fourth-order valence-corrected chi connectivity index (χ4v) is 6.17. The van der Waals surface area contributed by atoms with Gasteiger partial charge in [0.15, 0.2) is 23.0 Å². The van der Waals surface area contributed by atoms with E-state index in [-0.39, 0.29) is 16.6 Å². The summed E-state index contributed by atoms with van der Waals surface area (Å²) in [5, 5.41) is 11.0. The van der Waals surface area contributed by atoms with E-state index in [0.29, 0.717) is 29.1 Å². The fraction of sp³-hybridized carbons (Fsp3) is 0.625. The lowest BCUT2D eigenvalue weighted by Crippen LogP contribution is -2.51. The van der Waals surface area contributed by atoms with Crippen LogP contribution in [-0.4, -0.2) is 17.2 Å². The van der Waals surface area contributed by atoms with Crippen LogP contribution in [-0.2, 0) is 6.42 Å². The van der Waals surface area contributed by atoms with Crippen LogP contribution in [0.15, 0.2) is 22.6 Å². The molecule has 2 fully saturated rings. The number of allylic oxidation sites excluding steroid dienone is 1. The smallest absolute Gasteiger partial charge is 0.192 e. The molecule has 0 aliphatic heterocycles. The fourth-order valence-electron chi connectivity index (χ4n) is 6.17. The largest absolute Gasteiger partial charge is 0.504 e. The maximum absolute atomic E-state index is 11.0. The minimum atomic E-state index is 0.0494. The van der Waals surface area contributed by atoms with E-state index in [1.54, 1.807) is 13.2 Å². The van der Waals surface area contributed by atoms with Crippen LogP contribution < -0.4 is 4.74 Å². The van der Waals surface area contributed by atoms with Crippen LogP contribution >= 0.6 is 0 Å². The Morgan fingerprint density at radius 2 is 2.11 bits per heavy atom. The molecule has 1 aromatic heterocycles. The molecule has 2 aromatic rings. The van der Waals surface area contributed by atoms with Gasteiger partial charge in [0.2, 0.25) is 0 Å². The molecule has 1 N–H and O–H groups in total. The first kappa shape index (κ1) is 19.4. The number of nitrogens with zero attached hydrogens (tertiary/aromatic N) is 1. The van der Waals surface area contributed by atoms with Crippen LogP contribution in [0.25, 0.3) is 11.1 Å². The van der Waals surface area contributed by atoms with Gasteiger partial charge in [0.25, 0.3) is 0 Å². The predicted octanol–water partition coefficient (Wildman–Crippen LogP) is 6.19. The zero-order valence-electron chi connectivity index (χ0n) is 17.9. The van der Waals surface area contributed by atoms with E-state index >= 15 is 0 Å². The topological polar surface area (TPSA) is 55.5 Å². The number of aryl methyl sites for hydroxylation is 1. The Balaban J connectivity index is 1.85. The van der Waals surface area contributed by atoms with Gasteiger partial charge in [-0.25, -0.2) is 4.98 Å². The molecule has 2 saturated carbocycles. The summed E-state index contributed by atoms with van der Waals surface area (Å²) >= 11 is 0. The van der Waals surface area contributed by atoms with Crippen LogP contribution in [0.4, 0.5) is 0 Å². The number of oxazole rings is 1. The number of hydrogen-bond donors (Lipinski definition) is 1. The molecular formula is C24H33NO3. The first-order chi connectivity index (χ1) is 13.2. The lowest BCUT2D eigenvalue weighted by Gasteiger charge is -2.58. The van der Waals surface area contributed by atoms with E-state index in [4.69, 9.17) is 9.15 Å². The standard InChI is InChI=1S/C24H33NO3/c1-14-8-7-9-20-23(14,4)11-10-15(2)24(20,5)13-17-21(26)19(27-6)12-18-22(17)28-16(3)25-18/h12,15,20,26H,1,7-11,13H2,2-6H3/t15-,20+,23-,24+/m0/s1. The van der Waals surface area contributed by atoms with Crippen LogP contribution in [0, 0.1) is 29.6 Å². The van der Waals surface area contributed by atoms with Crippen LogP contribution in [0.2, 0.25) is 0 Å². The Bertz CT molecular complexity index is 930. The van der Waals surface area contributed by atoms with Crippen LogP contribution in [0.1, 0.15) is 64.3 Å². The van der Waals surface area contributed by atoms with Crippen molar-refractivity contribution in [1.29, 1.82) is 0 Å². The lowest BCUT2D eigenvalue weighted by atomic mass is 9.46. The minimum Gasteiger partial charge on any atom is -0.504 e. The zero-order valence-corrected chi connectivity index (χ0v) is 17.9. The maximum Gasteiger partial charge on any atom is 0.192 e. The van der Waals surface area contributed by atoms with E-state index < -0.39 is 0 Å². The number of ether oxygens (including phenoxy) is 1. The number of phenols is 1. The number of benzene rings is 1. The van der Waals surface area contributed by atoms with E-state index in [9.17, 15) is 5.11 Å². The van der Waals surface area contributed by atoms with Gasteiger partial charge in [-0.15, -0.1) is 0 Å². The summed E-state index contributed by atoms with van der Waals surface area (Å²) in [5.74, 6) is 2.39. The second kappa shape index (κ2) is 6.53. The van der Waals surface area contributed by atoms with Gasteiger partial charge < -0.3 is 14.3 Å². The van der Waals surface area contributed by atoms with Crippen molar-refractivity contribution < 1.29 is 14.3 Å². The summed E-state index contributed by atoms with van der Waals surface area (Å²) in [5.41, 5.74) is 3.94. The summed E-state index contributed by atoms with van der Waals surface area (Å²) in [6.07, 6.45) is 6.74. The number of phenolic OH excluding ortho intramolecular Hbond substituents is 1. The van der Waals surface area contributed by atoms with Crippen molar-refractivity contribution in [2.24, 2.45) is 22.7 Å². The second-order valence-corrected chi connectivity index (χ2v) is 9.58. The molecule has 28 heavy (non-hydrogen) atoms. The van der Waals surface area contributed by atoms with Crippen LogP contribution in [0.5, 0.6) is 11.5 Å². The van der Waals surface area contributed by atoms with Gasteiger partial charge in [-0.3, -0.25) is 0 Å². The quantitative estimate of drug-likeness (QED) is 0.642. The van der Waals surface area contributed by atoms with Gasteiger partial charge in [-0.2, -0.15) is 0 Å².